The number of carbonyl (C=O) groups excluding carboxylic acids is 4. The predicted molar refractivity (Wildman–Crippen MR) is 171 cm³/mol. The molecule has 5 rings (SSSR count). The van der Waals surface area contributed by atoms with Gasteiger partial charge in [-0.1, -0.05) is 43.3 Å². The summed E-state index contributed by atoms with van der Waals surface area (Å²) in [6.45, 7) is 2.39. The summed E-state index contributed by atoms with van der Waals surface area (Å²) >= 11 is 0. The summed E-state index contributed by atoms with van der Waals surface area (Å²) < 4.78 is 0. The second kappa shape index (κ2) is 12.9. The number of nitrogens with zero attached hydrogens (tertiary/aromatic N) is 2. The molecule has 0 radical (unpaired) electrons. The highest BCUT2D eigenvalue weighted by atomic mass is 16.4. The molecule has 2 aromatic carbocycles. The molecule has 8 N–H and O–H groups in total. The third-order valence-electron chi connectivity index (χ3n) is 9.60. The van der Waals surface area contributed by atoms with Crippen molar-refractivity contribution in [2.45, 2.75) is 50.4 Å². The molecule has 0 bridgehead atoms. The van der Waals surface area contributed by atoms with E-state index in [-0.39, 0.29) is 36.2 Å². The number of aliphatic hydroxyl groups excluding tert-OH is 2. The largest absolute Gasteiger partial charge is 0.508 e. The summed E-state index contributed by atoms with van der Waals surface area (Å²) in [4.78, 5) is 67.9. The minimum atomic E-state index is -2.78. The Labute approximate surface area is 275 Å². The molecule has 0 aliphatic heterocycles. The van der Waals surface area contributed by atoms with Gasteiger partial charge in [0.2, 0.25) is 11.7 Å². The van der Waals surface area contributed by atoms with Crippen LogP contribution in [0.3, 0.4) is 0 Å². The van der Waals surface area contributed by atoms with Gasteiger partial charge in [-0.3, -0.25) is 33.8 Å². The Kier molecular flexibility index (Phi) is 9.19. The van der Waals surface area contributed by atoms with Gasteiger partial charge in [0.25, 0.3) is 5.91 Å². The van der Waals surface area contributed by atoms with Gasteiger partial charge in [-0.05, 0) is 56.6 Å². The van der Waals surface area contributed by atoms with E-state index >= 15 is 0 Å². The van der Waals surface area contributed by atoms with Crippen molar-refractivity contribution in [3.63, 3.8) is 0 Å². The Morgan fingerprint density at radius 1 is 1.06 bits per heavy atom. The van der Waals surface area contributed by atoms with Gasteiger partial charge in [0.15, 0.2) is 11.4 Å². The number of hydrogen-bond donors (Lipinski definition) is 7. The van der Waals surface area contributed by atoms with E-state index in [2.05, 4.69) is 5.32 Å². The van der Waals surface area contributed by atoms with Gasteiger partial charge in [0.05, 0.1) is 23.7 Å². The first-order chi connectivity index (χ1) is 22.6. The van der Waals surface area contributed by atoms with Crippen molar-refractivity contribution in [1.82, 2.24) is 9.80 Å². The number of ketones is 2. The first kappa shape index (κ1) is 34.3. The third-order valence-corrected chi connectivity index (χ3v) is 9.60. The van der Waals surface area contributed by atoms with Crippen LogP contribution < -0.4 is 11.1 Å². The van der Waals surface area contributed by atoms with Crippen LogP contribution in [0.15, 0.2) is 59.4 Å². The first-order valence-corrected chi connectivity index (χ1v) is 15.4. The van der Waals surface area contributed by atoms with E-state index in [1.54, 1.807) is 11.8 Å². The maximum atomic E-state index is 14.1. The van der Waals surface area contributed by atoms with Crippen molar-refractivity contribution in [2.24, 2.45) is 17.6 Å². The fourth-order valence-electron chi connectivity index (χ4n) is 7.35. The van der Waals surface area contributed by atoms with Crippen LogP contribution in [0.5, 0.6) is 5.75 Å². The molecular formula is C34H38N4O10. The van der Waals surface area contributed by atoms with Gasteiger partial charge in [-0.25, -0.2) is 0 Å². The molecule has 14 heteroatoms. The highest BCUT2D eigenvalue weighted by Gasteiger charge is 2.64. The van der Waals surface area contributed by atoms with Gasteiger partial charge < -0.3 is 36.6 Å². The number of primary amides is 1. The Balaban J connectivity index is 1.52. The highest BCUT2D eigenvalue weighted by Crippen LogP contribution is 2.53. The molecule has 14 nitrogen and oxygen atoms in total. The van der Waals surface area contributed by atoms with Crippen molar-refractivity contribution >= 4 is 40.8 Å². The summed E-state index contributed by atoms with van der Waals surface area (Å²) in [5.74, 6) is -9.72. The molecular weight excluding hydrogens is 624 g/mol. The zero-order chi connectivity index (χ0) is 35.2. The summed E-state index contributed by atoms with van der Waals surface area (Å²) in [7, 11) is 3.04. The van der Waals surface area contributed by atoms with E-state index in [1.807, 2.05) is 30.3 Å². The molecule has 3 unspecified atom stereocenters. The van der Waals surface area contributed by atoms with Crippen molar-refractivity contribution in [2.75, 3.05) is 26.0 Å². The van der Waals surface area contributed by atoms with E-state index in [9.17, 15) is 49.5 Å². The maximum absolute atomic E-state index is 14.1. The molecule has 254 valence electrons. The predicted octanol–water partition coefficient (Wildman–Crippen LogP) is 1.27. The molecule has 2 amide bonds. The Hall–Kier alpha value is -5.05. The van der Waals surface area contributed by atoms with Gasteiger partial charge in [-0.2, -0.15) is 0 Å². The number of rotatable bonds is 10. The summed E-state index contributed by atoms with van der Waals surface area (Å²) in [5, 5.41) is 57.8. The minimum absolute atomic E-state index is 0.0594. The summed E-state index contributed by atoms with van der Waals surface area (Å²) in [6, 6.07) is 9.77. The van der Waals surface area contributed by atoms with E-state index in [1.165, 1.54) is 31.1 Å². The van der Waals surface area contributed by atoms with Gasteiger partial charge in [0, 0.05) is 18.0 Å². The number of nitrogens with one attached hydrogen (secondary N) is 1. The average molecular weight is 663 g/mol. The van der Waals surface area contributed by atoms with E-state index in [4.69, 9.17) is 5.73 Å². The fraction of sp³-hybridized carbons (Fsp3) is 0.382. The molecule has 3 aliphatic carbocycles. The molecule has 0 aromatic heterocycles. The number of amides is 2. The van der Waals surface area contributed by atoms with Crippen LogP contribution in [0.4, 0.5) is 5.69 Å². The van der Waals surface area contributed by atoms with Crippen LogP contribution >= 0.6 is 0 Å². The Bertz CT molecular complexity index is 1770. The monoisotopic (exact) mass is 662 g/mol. The van der Waals surface area contributed by atoms with E-state index in [0.29, 0.717) is 12.1 Å². The molecule has 0 spiro atoms. The number of fused-ring (bicyclic) bond motifs is 3. The number of Topliss-reactive ketones (excluding diaryl/α,β-unsaturated/α-hetero) is 2. The molecule has 48 heavy (non-hydrogen) atoms. The molecule has 0 saturated heterocycles. The molecule has 1 fully saturated rings. The quantitative estimate of drug-likeness (QED) is 0.141. The molecule has 3 aliphatic rings. The smallest absolute Gasteiger partial charge is 0.305 e. The lowest BCUT2D eigenvalue weighted by atomic mass is 9.57. The number of aliphatic hydroxyl groups is 3. The Morgan fingerprint density at radius 3 is 2.31 bits per heavy atom. The zero-order valence-corrected chi connectivity index (χ0v) is 26.6. The molecule has 5 atom stereocenters. The number of phenolic OH excluding ortho intramolecular Hbond substituents is 1. The topological polar surface area (TPSA) is 231 Å². The maximum Gasteiger partial charge on any atom is 0.305 e. The van der Waals surface area contributed by atoms with E-state index < -0.39 is 88.1 Å². The number of anilines is 1. The third kappa shape index (κ3) is 5.61. The average Bonchev–Trinajstić information content (AvgIpc) is 3.02. The SMILES string of the molecule is CCN(Cc1ccccc1)C(CC(=O)O)C(=O)Nc1ccc2c(c1O)C(O)=C1C(=O)[C@]3(O)C(O)=C(C(N)=O)C(=O)[C@@H](N(C)C)C3CC1C2. The molecule has 2 aromatic rings. The minimum Gasteiger partial charge on any atom is -0.508 e. The van der Waals surface area contributed by atoms with Crippen LogP contribution in [0, 0.1) is 11.8 Å². The number of phenols is 1. The fourth-order valence-corrected chi connectivity index (χ4v) is 7.35. The van der Waals surface area contributed by atoms with Gasteiger partial charge in [0.1, 0.15) is 28.9 Å². The number of carbonyl (C=O) groups is 5. The van der Waals surface area contributed by atoms with Crippen molar-refractivity contribution in [3.8, 4) is 5.75 Å². The number of aromatic hydroxyl groups is 1. The van der Waals surface area contributed by atoms with Gasteiger partial charge in [-0.15, -0.1) is 0 Å². The number of hydrogen-bond acceptors (Lipinski definition) is 11. The molecule has 1 saturated carbocycles. The number of carboxylic acid groups (broad SMARTS) is 1. The van der Waals surface area contributed by atoms with Crippen LogP contribution in [-0.4, -0.2) is 103 Å². The number of benzene rings is 2. The second-order valence-electron chi connectivity index (χ2n) is 12.6. The van der Waals surface area contributed by atoms with Crippen LogP contribution in [0.25, 0.3) is 5.76 Å². The highest BCUT2D eigenvalue weighted by molar-refractivity contribution is 6.24. The lowest BCUT2D eigenvalue weighted by Crippen LogP contribution is -2.65. The number of likely N-dealkylation sites (N-methyl/N-ethyl adjacent to an activating group) is 2. The van der Waals surface area contributed by atoms with E-state index in [0.717, 1.165) is 5.56 Å². The van der Waals surface area contributed by atoms with Crippen molar-refractivity contribution in [1.29, 1.82) is 0 Å². The first-order valence-electron chi connectivity index (χ1n) is 15.4. The lowest BCUT2D eigenvalue weighted by molar-refractivity contribution is -0.153. The van der Waals surface area contributed by atoms with Crippen LogP contribution in [0.2, 0.25) is 0 Å². The lowest BCUT2D eigenvalue weighted by Gasteiger charge is -2.50. The van der Waals surface area contributed by atoms with Crippen molar-refractivity contribution < 1.29 is 49.5 Å². The molecule has 0 heterocycles. The van der Waals surface area contributed by atoms with Crippen LogP contribution in [-0.2, 0) is 36.9 Å². The zero-order valence-electron chi connectivity index (χ0n) is 26.6. The van der Waals surface area contributed by atoms with Crippen LogP contribution in [0.1, 0.15) is 36.5 Å². The van der Waals surface area contributed by atoms with Crippen molar-refractivity contribution in [3.05, 3.63) is 76.1 Å². The standard InChI is InChI=1S/C34H38N4O10/c1-4-38(15-16-8-6-5-7-9-16)21(14-22(39)40)33(47)36-20-11-10-17-12-18-13-19-26(37(2)3)29(43)25(32(35)46)31(45)34(19,48)30(44)24(18)28(42)23(17)27(20)41/h5-11,18-19,21,26,41-42,45,48H,4,12-15H2,1-3H3,(H2,35,46)(H,36,47)(H,39,40)/t18?,19?,21?,26-,34-/m0/s1. The second-order valence-corrected chi connectivity index (χ2v) is 12.6. The normalized spacial score (nSPS) is 24.2. The number of carboxylic acids is 1. The van der Waals surface area contributed by atoms with Gasteiger partial charge >= 0.3 is 5.97 Å². The summed E-state index contributed by atoms with van der Waals surface area (Å²) in [6.07, 6.45) is -0.515. The number of nitrogens with two attached hydrogens (primary N) is 1. The number of aliphatic carboxylic acids is 1. The Morgan fingerprint density at radius 2 is 1.73 bits per heavy atom. The summed E-state index contributed by atoms with van der Waals surface area (Å²) in [5.41, 5.74) is 2.24.